The molecule has 11 heavy (non-hydrogen) atoms. The average molecular weight is 178 g/mol. The van der Waals surface area contributed by atoms with Gasteiger partial charge in [0.2, 0.25) is 0 Å². The van der Waals surface area contributed by atoms with E-state index in [1.165, 1.54) is 7.11 Å². The van der Waals surface area contributed by atoms with Crippen molar-refractivity contribution >= 4 is 18.4 Å². The van der Waals surface area contributed by atoms with E-state index >= 15 is 0 Å². The Morgan fingerprint density at radius 2 is 2.00 bits per heavy atom. The molecule has 0 heterocycles. The van der Waals surface area contributed by atoms with Crippen LogP contribution >= 0.6 is 12.4 Å². The molecule has 1 aliphatic carbocycles. The van der Waals surface area contributed by atoms with Crippen molar-refractivity contribution in [1.29, 1.82) is 0 Å². The molecule has 3 nitrogen and oxygen atoms in total. The highest BCUT2D eigenvalue weighted by atomic mass is 35.5. The Bertz CT molecular complexity index is 171. The Labute approximate surface area is 72.0 Å². The summed E-state index contributed by atoms with van der Waals surface area (Å²) >= 11 is 0. The summed E-state index contributed by atoms with van der Waals surface area (Å²) in [6, 6.07) is 0. The van der Waals surface area contributed by atoms with Crippen LogP contribution in [-0.2, 0) is 9.53 Å². The zero-order valence-corrected chi connectivity index (χ0v) is 7.19. The third kappa shape index (κ3) is 1.94. The molecule has 0 aliphatic heterocycles. The normalized spacial score (nSPS) is 19.1. The van der Waals surface area contributed by atoms with Crippen LogP contribution < -0.4 is 5.73 Å². The second-order valence-electron chi connectivity index (χ2n) is 2.53. The Hall–Kier alpha value is -0.540. The second kappa shape index (κ2) is 3.74. The van der Waals surface area contributed by atoms with Crippen LogP contribution in [-0.4, -0.2) is 18.6 Å². The molecule has 0 saturated carbocycles. The molecule has 0 unspecified atom stereocenters. The van der Waals surface area contributed by atoms with E-state index in [-0.39, 0.29) is 18.4 Å². The molecule has 0 spiro atoms. The van der Waals surface area contributed by atoms with Crippen molar-refractivity contribution in [3.05, 3.63) is 12.2 Å². The van der Waals surface area contributed by atoms with Gasteiger partial charge in [-0.15, -0.1) is 12.4 Å². The Morgan fingerprint density at radius 3 is 2.36 bits per heavy atom. The van der Waals surface area contributed by atoms with Crippen molar-refractivity contribution in [2.45, 2.75) is 18.4 Å². The molecule has 0 bridgehead atoms. The molecule has 64 valence electrons. The number of rotatable bonds is 1. The second-order valence-corrected chi connectivity index (χ2v) is 2.53. The number of hydrogen-bond acceptors (Lipinski definition) is 3. The van der Waals surface area contributed by atoms with Gasteiger partial charge in [0, 0.05) is 0 Å². The number of esters is 1. The monoisotopic (exact) mass is 177 g/mol. The summed E-state index contributed by atoms with van der Waals surface area (Å²) in [6.45, 7) is 0. The van der Waals surface area contributed by atoms with E-state index < -0.39 is 5.54 Å². The molecular weight excluding hydrogens is 166 g/mol. The first kappa shape index (κ1) is 10.5. The molecule has 0 aromatic carbocycles. The fourth-order valence-corrected chi connectivity index (χ4v) is 1.04. The maximum absolute atomic E-state index is 10.9. The molecule has 1 rings (SSSR count). The molecule has 2 N–H and O–H groups in total. The lowest BCUT2D eigenvalue weighted by molar-refractivity contribution is -0.146. The van der Waals surface area contributed by atoms with Crippen LogP contribution in [0, 0.1) is 0 Å². The summed E-state index contributed by atoms with van der Waals surface area (Å²) < 4.78 is 4.53. The molecule has 0 amide bonds. The quantitative estimate of drug-likeness (QED) is 0.472. The first-order valence-electron chi connectivity index (χ1n) is 3.21. The predicted molar refractivity (Wildman–Crippen MR) is 44.6 cm³/mol. The lowest BCUT2D eigenvalue weighted by Crippen LogP contribution is -2.46. The number of nitrogens with two attached hydrogens (primary N) is 1. The van der Waals surface area contributed by atoms with Crippen LogP contribution in [0.1, 0.15) is 12.8 Å². The standard InChI is InChI=1S/C7H11NO2.ClH/c1-10-6(9)7(8)4-2-3-5-7;/h2-3H,4-5,8H2,1H3;1H. The fraction of sp³-hybridized carbons (Fsp3) is 0.571. The van der Waals surface area contributed by atoms with Crippen molar-refractivity contribution in [2.24, 2.45) is 5.73 Å². The van der Waals surface area contributed by atoms with Gasteiger partial charge in [0.25, 0.3) is 0 Å². The van der Waals surface area contributed by atoms with Crippen molar-refractivity contribution in [3.63, 3.8) is 0 Å². The summed E-state index contributed by atoms with van der Waals surface area (Å²) in [6.07, 6.45) is 4.99. The molecule has 0 aromatic rings. The summed E-state index contributed by atoms with van der Waals surface area (Å²) in [5.41, 5.74) is 4.91. The molecule has 0 atom stereocenters. The Morgan fingerprint density at radius 1 is 1.55 bits per heavy atom. The van der Waals surface area contributed by atoms with Crippen LogP contribution in [0.5, 0.6) is 0 Å². The van der Waals surface area contributed by atoms with E-state index in [9.17, 15) is 4.79 Å². The van der Waals surface area contributed by atoms with Crippen LogP contribution in [0.15, 0.2) is 12.2 Å². The van der Waals surface area contributed by atoms with E-state index in [1.54, 1.807) is 0 Å². The number of methoxy groups -OCH3 is 1. The van der Waals surface area contributed by atoms with Gasteiger partial charge < -0.3 is 10.5 Å². The molecule has 0 saturated heterocycles. The fourth-order valence-electron chi connectivity index (χ4n) is 1.04. The summed E-state index contributed by atoms with van der Waals surface area (Å²) in [4.78, 5) is 10.9. The van der Waals surface area contributed by atoms with Crippen molar-refractivity contribution < 1.29 is 9.53 Å². The molecule has 0 aromatic heterocycles. The molecule has 0 fully saturated rings. The lowest BCUT2D eigenvalue weighted by Gasteiger charge is -2.19. The third-order valence-electron chi connectivity index (χ3n) is 1.72. The third-order valence-corrected chi connectivity index (χ3v) is 1.72. The number of hydrogen-bond donors (Lipinski definition) is 1. The molecule has 0 radical (unpaired) electrons. The molecular formula is C7H12ClNO2. The van der Waals surface area contributed by atoms with Crippen molar-refractivity contribution in [3.8, 4) is 0 Å². The predicted octanol–water partition coefficient (Wildman–Crippen LogP) is 0.629. The van der Waals surface area contributed by atoms with Gasteiger partial charge in [-0.05, 0) is 12.8 Å². The summed E-state index contributed by atoms with van der Waals surface area (Å²) in [5, 5.41) is 0. The van der Waals surface area contributed by atoms with Gasteiger partial charge in [-0.3, -0.25) is 4.79 Å². The zero-order chi connectivity index (χ0) is 7.61. The maximum Gasteiger partial charge on any atom is 0.326 e. The van der Waals surface area contributed by atoms with E-state index in [0.29, 0.717) is 12.8 Å². The maximum atomic E-state index is 10.9. The van der Waals surface area contributed by atoms with Crippen LogP contribution in [0.3, 0.4) is 0 Å². The topological polar surface area (TPSA) is 52.3 Å². The number of carbonyl (C=O) groups is 1. The van der Waals surface area contributed by atoms with Gasteiger partial charge in [0.05, 0.1) is 7.11 Å². The first-order chi connectivity index (χ1) is 4.69. The first-order valence-corrected chi connectivity index (χ1v) is 3.21. The molecule has 1 aliphatic rings. The Balaban J connectivity index is 0.000001000. The summed E-state index contributed by atoms with van der Waals surface area (Å²) in [5.74, 6) is -0.322. The van der Waals surface area contributed by atoms with Crippen LogP contribution in [0.25, 0.3) is 0 Å². The van der Waals surface area contributed by atoms with Gasteiger partial charge >= 0.3 is 5.97 Å². The number of ether oxygens (including phenoxy) is 1. The number of halogens is 1. The largest absolute Gasteiger partial charge is 0.468 e. The summed E-state index contributed by atoms with van der Waals surface area (Å²) in [7, 11) is 1.36. The highest BCUT2D eigenvalue weighted by molar-refractivity contribution is 5.85. The minimum Gasteiger partial charge on any atom is -0.468 e. The van der Waals surface area contributed by atoms with E-state index in [2.05, 4.69) is 4.74 Å². The average Bonchev–Trinajstić information content (AvgIpc) is 2.36. The Kier molecular flexibility index (Phi) is 3.55. The van der Waals surface area contributed by atoms with Crippen LogP contribution in [0.4, 0.5) is 0 Å². The molecule has 4 heteroatoms. The van der Waals surface area contributed by atoms with Gasteiger partial charge in [0.15, 0.2) is 0 Å². The van der Waals surface area contributed by atoms with E-state index in [4.69, 9.17) is 5.73 Å². The van der Waals surface area contributed by atoms with Gasteiger partial charge in [-0.1, -0.05) is 12.2 Å². The SMILES string of the molecule is COC(=O)C1(N)CC=CC1.Cl. The lowest BCUT2D eigenvalue weighted by atomic mass is 9.99. The number of carbonyl (C=O) groups excluding carboxylic acids is 1. The van der Waals surface area contributed by atoms with Crippen molar-refractivity contribution in [2.75, 3.05) is 7.11 Å². The minimum absolute atomic E-state index is 0. The van der Waals surface area contributed by atoms with Crippen LogP contribution in [0.2, 0.25) is 0 Å². The van der Waals surface area contributed by atoms with Gasteiger partial charge in [-0.25, -0.2) is 0 Å². The van der Waals surface area contributed by atoms with E-state index in [0.717, 1.165) is 0 Å². The highest BCUT2D eigenvalue weighted by Crippen LogP contribution is 2.21. The highest BCUT2D eigenvalue weighted by Gasteiger charge is 2.35. The van der Waals surface area contributed by atoms with Gasteiger partial charge in [0.1, 0.15) is 5.54 Å². The smallest absolute Gasteiger partial charge is 0.326 e. The zero-order valence-electron chi connectivity index (χ0n) is 6.37. The minimum atomic E-state index is -0.769. The van der Waals surface area contributed by atoms with E-state index in [1.807, 2.05) is 12.2 Å². The van der Waals surface area contributed by atoms with Crippen molar-refractivity contribution in [1.82, 2.24) is 0 Å². The van der Waals surface area contributed by atoms with Gasteiger partial charge in [-0.2, -0.15) is 0 Å².